The highest BCUT2D eigenvalue weighted by atomic mass is 32.2. The summed E-state index contributed by atoms with van der Waals surface area (Å²) in [7, 11) is -3.27. The second-order valence-electron chi connectivity index (χ2n) is 4.53. The molecule has 2 atom stereocenters. The van der Waals surface area contributed by atoms with Gasteiger partial charge in [0.2, 0.25) is 5.79 Å². The molecule has 6 heteroatoms. The van der Waals surface area contributed by atoms with Crippen LogP contribution < -0.4 is 0 Å². The third-order valence-corrected chi connectivity index (χ3v) is 4.83. The average Bonchev–Trinajstić information content (AvgIpc) is 2.84. The van der Waals surface area contributed by atoms with Crippen LogP contribution in [0.3, 0.4) is 0 Å². The lowest BCUT2D eigenvalue weighted by molar-refractivity contribution is -0.162. The van der Waals surface area contributed by atoms with Crippen molar-refractivity contribution in [2.24, 2.45) is 0 Å². The molecule has 1 aromatic carbocycles. The Morgan fingerprint density at radius 1 is 1.37 bits per heavy atom. The lowest BCUT2D eigenvalue weighted by Gasteiger charge is -2.28. The van der Waals surface area contributed by atoms with E-state index in [1.807, 2.05) is 6.07 Å². The second kappa shape index (κ2) is 5.58. The first-order valence-electron chi connectivity index (χ1n) is 6.20. The van der Waals surface area contributed by atoms with Gasteiger partial charge in [0.25, 0.3) is 0 Å². The minimum atomic E-state index is -3.27. The van der Waals surface area contributed by atoms with Gasteiger partial charge in [0.05, 0.1) is 13.2 Å². The fraction of sp³-hybridized carbons (Fsp3) is 0.538. The zero-order chi connectivity index (χ0) is 13.9. The molecule has 1 N–H and O–H groups in total. The van der Waals surface area contributed by atoms with Gasteiger partial charge < -0.3 is 14.6 Å². The van der Waals surface area contributed by atoms with Crippen LogP contribution in [0.5, 0.6) is 0 Å². The van der Waals surface area contributed by atoms with Crippen molar-refractivity contribution < 1.29 is 23.0 Å². The highest BCUT2D eigenvalue weighted by molar-refractivity contribution is 7.91. The third-order valence-electron chi connectivity index (χ3n) is 3.13. The van der Waals surface area contributed by atoms with Crippen LogP contribution in [-0.4, -0.2) is 44.3 Å². The van der Waals surface area contributed by atoms with Crippen molar-refractivity contribution in [2.75, 3.05) is 24.7 Å². The van der Waals surface area contributed by atoms with E-state index in [0.29, 0.717) is 5.56 Å². The van der Waals surface area contributed by atoms with E-state index in [4.69, 9.17) is 14.6 Å². The van der Waals surface area contributed by atoms with Gasteiger partial charge in [-0.2, -0.15) is 0 Å². The summed E-state index contributed by atoms with van der Waals surface area (Å²) in [6.07, 6.45) is -0.493. The number of hydrogen-bond acceptors (Lipinski definition) is 5. The number of ether oxygens (including phenoxy) is 2. The van der Waals surface area contributed by atoms with Gasteiger partial charge in [-0.15, -0.1) is 0 Å². The summed E-state index contributed by atoms with van der Waals surface area (Å²) in [6.45, 7) is 1.58. The normalized spacial score (nSPS) is 27.6. The first kappa shape index (κ1) is 14.5. The molecule has 0 radical (unpaired) electrons. The fourth-order valence-corrected chi connectivity index (χ4v) is 3.15. The molecule has 0 bridgehead atoms. The largest absolute Gasteiger partial charge is 0.394 e. The van der Waals surface area contributed by atoms with Gasteiger partial charge in [-0.25, -0.2) is 8.42 Å². The molecule has 1 aromatic rings. The Hall–Kier alpha value is -0.950. The molecule has 0 aliphatic carbocycles. The van der Waals surface area contributed by atoms with E-state index >= 15 is 0 Å². The summed E-state index contributed by atoms with van der Waals surface area (Å²) in [6, 6.07) is 8.98. The Balaban J connectivity index is 2.35. The molecule has 2 rings (SSSR count). The van der Waals surface area contributed by atoms with Gasteiger partial charge in [-0.1, -0.05) is 37.3 Å². The Morgan fingerprint density at radius 3 is 2.58 bits per heavy atom. The molecule has 0 aromatic heterocycles. The summed E-state index contributed by atoms with van der Waals surface area (Å²) in [5.74, 6) is -1.52. The predicted octanol–water partition coefficient (Wildman–Crippen LogP) is 0.682. The van der Waals surface area contributed by atoms with Crippen LogP contribution in [0, 0.1) is 0 Å². The first-order valence-corrected chi connectivity index (χ1v) is 8.02. The van der Waals surface area contributed by atoms with E-state index in [1.54, 1.807) is 31.2 Å². The monoisotopic (exact) mass is 286 g/mol. The zero-order valence-electron chi connectivity index (χ0n) is 10.8. The maximum atomic E-state index is 11.9. The zero-order valence-corrected chi connectivity index (χ0v) is 11.6. The van der Waals surface area contributed by atoms with Crippen LogP contribution in [0.1, 0.15) is 12.5 Å². The van der Waals surface area contributed by atoms with Gasteiger partial charge in [-0.05, 0) is 0 Å². The first-order chi connectivity index (χ1) is 9.01. The van der Waals surface area contributed by atoms with Gasteiger partial charge in [0.15, 0.2) is 9.84 Å². The van der Waals surface area contributed by atoms with Crippen LogP contribution in [-0.2, 0) is 25.1 Å². The smallest absolute Gasteiger partial charge is 0.209 e. The van der Waals surface area contributed by atoms with Gasteiger partial charge in [0.1, 0.15) is 11.9 Å². The summed E-state index contributed by atoms with van der Waals surface area (Å²) in [5, 5.41) is 9.15. The Kier molecular flexibility index (Phi) is 4.25. The summed E-state index contributed by atoms with van der Waals surface area (Å²) >= 11 is 0. The molecule has 19 heavy (non-hydrogen) atoms. The van der Waals surface area contributed by atoms with Crippen LogP contribution >= 0.6 is 0 Å². The molecule has 0 amide bonds. The molecule has 5 nitrogen and oxygen atoms in total. The van der Waals surface area contributed by atoms with Crippen molar-refractivity contribution in [3.8, 4) is 0 Å². The van der Waals surface area contributed by atoms with E-state index in [0.717, 1.165) is 0 Å². The number of aliphatic hydroxyl groups is 1. The minimum absolute atomic E-state index is 0.0259. The number of benzene rings is 1. The van der Waals surface area contributed by atoms with E-state index < -0.39 is 21.7 Å². The Morgan fingerprint density at radius 2 is 2.05 bits per heavy atom. The van der Waals surface area contributed by atoms with E-state index in [1.165, 1.54) is 0 Å². The van der Waals surface area contributed by atoms with Crippen molar-refractivity contribution in [1.82, 2.24) is 0 Å². The third kappa shape index (κ3) is 3.14. The average molecular weight is 286 g/mol. The van der Waals surface area contributed by atoms with Crippen LogP contribution in [0.25, 0.3) is 0 Å². The van der Waals surface area contributed by atoms with E-state index in [9.17, 15) is 8.42 Å². The van der Waals surface area contributed by atoms with Crippen molar-refractivity contribution >= 4 is 9.84 Å². The number of hydrogen-bond donors (Lipinski definition) is 1. The molecule has 0 saturated carbocycles. The fourth-order valence-electron chi connectivity index (χ4n) is 2.05. The van der Waals surface area contributed by atoms with Crippen molar-refractivity contribution in [3.05, 3.63) is 35.9 Å². The molecule has 0 spiro atoms. The SMILES string of the molecule is CCS(=O)(=O)C[C@@]1(c2ccccc2)OC[C@H](CO)O1. The lowest BCUT2D eigenvalue weighted by atomic mass is 10.1. The highest BCUT2D eigenvalue weighted by Gasteiger charge is 2.46. The summed E-state index contributed by atoms with van der Waals surface area (Å²) < 4.78 is 35.1. The highest BCUT2D eigenvalue weighted by Crippen LogP contribution is 2.35. The predicted molar refractivity (Wildman–Crippen MR) is 70.4 cm³/mol. The quantitative estimate of drug-likeness (QED) is 0.862. The van der Waals surface area contributed by atoms with Crippen molar-refractivity contribution in [2.45, 2.75) is 18.8 Å². The van der Waals surface area contributed by atoms with Crippen molar-refractivity contribution in [1.29, 1.82) is 0 Å². The number of rotatable bonds is 5. The van der Waals surface area contributed by atoms with Crippen molar-refractivity contribution in [3.63, 3.8) is 0 Å². The molecule has 1 fully saturated rings. The van der Waals surface area contributed by atoms with Gasteiger partial charge in [0, 0.05) is 11.3 Å². The Labute approximate surface area is 113 Å². The number of sulfone groups is 1. The second-order valence-corrected chi connectivity index (χ2v) is 6.88. The number of aliphatic hydroxyl groups excluding tert-OH is 1. The van der Waals surface area contributed by atoms with Gasteiger partial charge >= 0.3 is 0 Å². The molecule has 106 valence electrons. The topological polar surface area (TPSA) is 72.8 Å². The maximum Gasteiger partial charge on any atom is 0.209 e. The standard InChI is InChI=1S/C13H18O5S/c1-2-19(15,16)10-13(11-6-4-3-5-7-11)17-9-12(8-14)18-13/h3-7,12,14H,2,8-10H2,1H3/t12-,13+/m0/s1. The molecule has 1 saturated heterocycles. The maximum absolute atomic E-state index is 11.9. The summed E-state index contributed by atoms with van der Waals surface area (Å²) in [4.78, 5) is 0. The van der Waals surface area contributed by atoms with Crippen LogP contribution in [0.2, 0.25) is 0 Å². The van der Waals surface area contributed by atoms with Crippen LogP contribution in [0.4, 0.5) is 0 Å². The summed E-state index contributed by atoms with van der Waals surface area (Å²) in [5.41, 5.74) is 0.656. The molecule has 1 heterocycles. The molecular formula is C13H18O5S. The van der Waals surface area contributed by atoms with E-state index in [-0.39, 0.29) is 24.7 Å². The molecule has 0 unspecified atom stereocenters. The van der Waals surface area contributed by atoms with Crippen LogP contribution in [0.15, 0.2) is 30.3 Å². The lowest BCUT2D eigenvalue weighted by Crippen LogP contribution is -2.37. The minimum Gasteiger partial charge on any atom is -0.394 e. The Bertz CT molecular complexity index is 513. The molecule has 1 aliphatic rings. The van der Waals surface area contributed by atoms with Gasteiger partial charge in [-0.3, -0.25) is 0 Å². The molecule has 1 aliphatic heterocycles. The van der Waals surface area contributed by atoms with E-state index in [2.05, 4.69) is 0 Å². The molecular weight excluding hydrogens is 268 g/mol.